The first kappa shape index (κ1) is 15.5. The van der Waals surface area contributed by atoms with E-state index in [1.165, 1.54) is 30.3 Å². The quantitative estimate of drug-likeness (QED) is 0.857. The number of amides is 2. The summed E-state index contributed by atoms with van der Waals surface area (Å²) in [6.07, 6.45) is 4.20. The second-order valence-corrected chi connectivity index (χ2v) is 6.11. The SMILES string of the molecule is CNC(=O)c1ccc(C(=O)N2CC3CCCC3C2C(=O)O)cn1. The number of aromatic nitrogens is 1. The minimum Gasteiger partial charge on any atom is -0.480 e. The van der Waals surface area contributed by atoms with Gasteiger partial charge in [-0.15, -0.1) is 0 Å². The molecule has 1 aliphatic carbocycles. The fraction of sp³-hybridized carbons (Fsp3) is 0.500. The molecule has 2 aliphatic rings. The average molecular weight is 317 g/mol. The zero-order valence-electron chi connectivity index (χ0n) is 12.9. The predicted molar refractivity (Wildman–Crippen MR) is 80.9 cm³/mol. The van der Waals surface area contributed by atoms with Crippen molar-refractivity contribution in [3.8, 4) is 0 Å². The Morgan fingerprint density at radius 2 is 2.09 bits per heavy atom. The lowest BCUT2D eigenvalue weighted by molar-refractivity contribution is -0.142. The smallest absolute Gasteiger partial charge is 0.326 e. The van der Waals surface area contributed by atoms with Crippen molar-refractivity contribution < 1.29 is 19.5 Å². The lowest BCUT2D eigenvalue weighted by Crippen LogP contribution is -2.43. The molecule has 2 N–H and O–H groups in total. The van der Waals surface area contributed by atoms with Crippen LogP contribution in [0.5, 0.6) is 0 Å². The van der Waals surface area contributed by atoms with E-state index >= 15 is 0 Å². The molecule has 3 atom stereocenters. The lowest BCUT2D eigenvalue weighted by atomic mass is 9.94. The van der Waals surface area contributed by atoms with E-state index in [0.29, 0.717) is 12.1 Å². The largest absolute Gasteiger partial charge is 0.480 e. The average Bonchev–Trinajstić information content (AvgIpc) is 3.13. The van der Waals surface area contributed by atoms with Gasteiger partial charge in [-0.05, 0) is 36.8 Å². The van der Waals surface area contributed by atoms with Crippen LogP contribution in [0.3, 0.4) is 0 Å². The summed E-state index contributed by atoms with van der Waals surface area (Å²) in [5.41, 5.74) is 0.529. The summed E-state index contributed by atoms with van der Waals surface area (Å²) < 4.78 is 0. The number of pyridine rings is 1. The fourth-order valence-electron chi connectivity index (χ4n) is 3.78. The third-order valence-electron chi connectivity index (χ3n) is 4.87. The van der Waals surface area contributed by atoms with Gasteiger partial charge in [0.25, 0.3) is 11.8 Å². The number of nitrogens with one attached hydrogen (secondary N) is 1. The topological polar surface area (TPSA) is 99.6 Å². The highest BCUT2D eigenvalue weighted by atomic mass is 16.4. The van der Waals surface area contributed by atoms with Crippen LogP contribution in [0.1, 0.15) is 40.1 Å². The summed E-state index contributed by atoms with van der Waals surface area (Å²) in [6, 6.07) is 2.24. The van der Waals surface area contributed by atoms with Gasteiger partial charge in [-0.25, -0.2) is 4.79 Å². The maximum absolute atomic E-state index is 12.7. The van der Waals surface area contributed by atoms with E-state index in [4.69, 9.17) is 0 Å². The Hall–Kier alpha value is -2.44. The summed E-state index contributed by atoms with van der Waals surface area (Å²) >= 11 is 0. The van der Waals surface area contributed by atoms with Gasteiger partial charge in [-0.3, -0.25) is 14.6 Å². The Morgan fingerprint density at radius 3 is 2.70 bits per heavy atom. The summed E-state index contributed by atoms with van der Waals surface area (Å²) in [7, 11) is 1.50. The molecule has 0 bridgehead atoms. The number of fused-ring (bicyclic) bond motifs is 1. The lowest BCUT2D eigenvalue weighted by Gasteiger charge is -2.24. The molecule has 1 saturated carbocycles. The van der Waals surface area contributed by atoms with Gasteiger partial charge < -0.3 is 15.3 Å². The Bertz CT molecular complexity index is 643. The van der Waals surface area contributed by atoms with Crippen LogP contribution in [-0.2, 0) is 4.79 Å². The molecule has 1 aromatic heterocycles. The first-order chi connectivity index (χ1) is 11.0. The molecule has 2 heterocycles. The first-order valence-electron chi connectivity index (χ1n) is 7.75. The summed E-state index contributed by atoms with van der Waals surface area (Å²) in [5.74, 6) is -1.28. The van der Waals surface area contributed by atoms with Crippen molar-refractivity contribution in [3.63, 3.8) is 0 Å². The second-order valence-electron chi connectivity index (χ2n) is 6.11. The van der Waals surface area contributed by atoms with E-state index in [0.717, 1.165) is 19.3 Å². The van der Waals surface area contributed by atoms with Gasteiger partial charge in [0.15, 0.2) is 0 Å². The molecule has 0 radical (unpaired) electrons. The summed E-state index contributed by atoms with van der Waals surface area (Å²) in [6.45, 7) is 0.484. The normalized spacial score (nSPS) is 26.0. The number of carboxylic acids is 1. The minimum atomic E-state index is -0.942. The van der Waals surface area contributed by atoms with Crippen molar-refractivity contribution >= 4 is 17.8 Å². The van der Waals surface area contributed by atoms with Gasteiger partial charge in [-0.1, -0.05) is 6.42 Å². The standard InChI is InChI=1S/C16H19N3O4/c1-17-14(20)12-6-5-9(7-18-12)15(21)19-8-10-3-2-4-11(10)13(19)16(22)23/h5-7,10-11,13H,2-4,8H2,1H3,(H,17,20)(H,22,23). The van der Waals surface area contributed by atoms with Gasteiger partial charge in [0, 0.05) is 19.8 Å². The Kier molecular flexibility index (Phi) is 4.02. The maximum Gasteiger partial charge on any atom is 0.326 e. The highest BCUT2D eigenvalue weighted by Crippen LogP contribution is 2.42. The number of carbonyl (C=O) groups is 3. The molecular formula is C16H19N3O4. The van der Waals surface area contributed by atoms with Crippen LogP contribution in [0.25, 0.3) is 0 Å². The second kappa shape index (κ2) is 5.98. The first-order valence-corrected chi connectivity index (χ1v) is 7.75. The van der Waals surface area contributed by atoms with E-state index in [-0.39, 0.29) is 29.3 Å². The van der Waals surface area contributed by atoms with Crippen molar-refractivity contribution in [2.45, 2.75) is 25.3 Å². The highest BCUT2D eigenvalue weighted by Gasteiger charge is 2.49. The molecule has 23 heavy (non-hydrogen) atoms. The molecule has 7 heteroatoms. The van der Waals surface area contributed by atoms with Gasteiger partial charge in [0.05, 0.1) is 5.56 Å². The molecule has 7 nitrogen and oxygen atoms in total. The number of hydrogen-bond donors (Lipinski definition) is 2. The monoisotopic (exact) mass is 317 g/mol. The maximum atomic E-state index is 12.7. The number of carbonyl (C=O) groups excluding carboxylic acids is 2. The van der Waals surface area contributed by atoms with Gasteiger partial charge in [-0.2, -0.15) is 0 Å². The third kappa shape index (κ3) is 2.67. The Morgan fingerprint density at radius 1 is 1.30 bits per heavy atom. The molecule has 0 aromatic carbocycles. The van der Waals surface area contributed by atoms with E-state index in [1.54, 1.807) is 0 Å². The molecular weight excluding hydrogens is 298 g/mol. The Labute approximate surface area is 133 Å². The minimum absolute atomic E-state index is 0.0505. The number of rotatable bonds is 3. The number of likely N-dealkylation sites (tertiary alicyclic amines) is 1. The molecule has 3 rings (SSSR count). The molecule has 2 fully saturated rings. The fourth-order valence-corrected chi connectivity index (χ4v) is 3.78. The van der Waals surface area contributed by atoms with Crippen LogP contribution < -0.4 is 5.32 Å². The van der Waals surface area contributed by atoms with Crippen LogP contribution in [0.2, 0.25) is 0 Å². The Balaban J connectivity index is 1.82. The number of aliphatic carboxylic acids is 1. The number of carboxylic acid groups (broad SMARTS) is 1. The third-order valence-corrected chi connectivity index (χ3v) is 4.87. The van der Waals surface area contributed by atoms with Crippen LogP contribution in [0, 0.1) is 11.8 Å². The van der Waals surface area contributed by atoms with E-state index < -0.39 is 12.0 Å². The molecule has 122 valence electrons. The van der Waals surface area contributed by atoms with Crippen LogP contribution in [0.4, 0.5) is 0 Å². The number of hydrogen-bond acceptors (Lipinski definition) is 4. The van der Waals surface area contributed by atoms with Gasteiger partial charge >= 0.3 is 5.97 Å². The predicted octanol–water partition coefficient (Wildman–Crippen LogP) is 0.766. The summed E-state index contributed by atoms with van der Waals surface area (Å²) in [4.78, 5) is 41.2. The van der Waals surface area contributed by atoms with Crippen molar-refractivity contribution in [1.82, 2.24) is 15.2 Å². The molecule has 3 unspecified atom stereocenters. The molecule has 2 amide bonds. The molecule has 1 aliphatic heterocycles. The zero-order chi connectivity index (χ0) is 16.6. The van der Waals surface area contributed by atoms with Gasteiger partial charge in [0.1, 0.15) is 11.7 Å². The van der Waals surface area contributed by atoms with Gasteiger partial charge in [0.2, 0.25) is 0 Å². The number of nitrogens with zero attached hydrogens (tertiary/aromatic N) is 2. The summed E-state index contributed by atoms with van der Waals surface area (Å²) in [5, 5.41) is 12.0. The van der Waals surface area contributed by atoms with Crippen LogP contribution >= 0.6 is 0 Å². The van der Waals surface area contributed by atoms with Crippen molar-refractivity contribution in [2.24, 2.45) is 11.8 Å². The zero-order valence-corrected chi connectivity index (χ0v) is 12.9. The molecule has 1 saturated heterocycles. The highest BCUT2D eigenvalue weighted by molar-refractivity contribution is 5.98. The van der Waals surface area contributed by atoms with Crippen LogP contribution in [-0.4, -0.2) is 52.4 Å². The van der Waals surface area contributed by atoms with Crippen molar-refractivity contribution in [2.75, 3.05) is 13.6 Å². The van der Waals surface area contributed by atoms with Crippen LogP contribution in [0.15, 0.2) is 18.3 Å². The van der Waals surface area contributed by atoms with E-state index in [9.17, 15) is 19.5 Å². The van der Waals surface area contributed by atoms with Crippen molar-refractivity contribution in [3.05, 3.63) is 29.6 Å². The van der Waals surface area contributed by atoms with Crippen molar-refractivity contribution in [1.29, 1.82) is 0 Å². The molecule has 1 aromatic rings. The van der Waals surface area contributed by atoms with E-state index in [2.05, 4.69) is 10.3 Å². The van der Waals surface area contributed by atoms with E-state index in [1.807, 2.05) is 0 Å². The molecule has 0 spiro atoms.